The van der Waals surface area contributed by atoms with Crippen LogP contribution in [0.4, 0.5) is 0 Å². The summed E-state index contributed by atoms with van der Waals surface area (Å²) < 4.78 is 10.4. The normalized spacial score (nSPS) is 10.8. The molecule has 0 aliphatic carbocycles. The van der Waals surface area contributed by atoms with Gasteiger partial charge in [-0.3, -0.25) is 9.59 Å². The van der Waals surface area contributed by atoms with Gasteiger partial charge in [-0.1, -0.05) is 78.0 Å². The molecular weight excluding hydrogens is 380 g/mol. The first-order valence-corrected chi connectivity index (χ1v) is 9.59. The molecule has 1 amide bonds. The molecule has 1 heterocycles. The number of nitrogens with zero attached hydrogens (tertiary/aromatic N) is 1. The number of carbonyl (C=O) groups excluding carboxylic acids is 2. The van der Waals surface area contributed by atoms with Gasteiger partial charge in [-0.2, -0.15) is 0 Å². The lowest BCUT2D eigenvalue weighted by Crippen LogP contribution is -2.33. The average Bonchev–Trinajstić information content (AvgIpc) is 3.20. The number of benzene rings is 3. The standard InChI is InChI=1S/C24H20N2O4/c27-22(16-29-23(28)15-20-19-13-7-8-14-21(19)30-26-20)25-24(17-9-3-1-4-10-17)18-11-5-2-6-12-18/h1-14,24H,15-16H2,(H,25,27). The predicted molar refractivity (Wildman–Crippen MR) is 112 cm³/mol. The van der Waals surface area contributed by atoms with E-state index in [-0.39, 0.29) is 25.0 Å². The van der Waals surface area contributed by atoms with E-state index in [0.717, 1.165) is 16.5 Å². The van der Waals surface area contributed by atoms with Crippen molar-refractivity contribution in [2.24, 2.45) is 0 Å². The van der Waals surface area contributed by atoms with Crippen LogP contribution in [0.15, 0.2) is 89.5 Å². The molecule has 0 saturated heterocycles. The lowest BCUT2D eigenvalue weighted by Gasteiger charge is -2.19. The van der Waals surface area contributed by atoms with Crippen LogP contribution in [-0.4, -0.2) is 23.6 Å². The molecule has 0 bridgehead atoms. The molecule has 1 aromatic heterocycles. The van der Waals surface area contributed by atoms with Crippen LogP contribution in [0.2, 0.25) is 0 Å². The molecule has 0 unspecified atom stereocenters. The number of fused-ring (bicyclic) bond motifs is 1. The van der Waals surface area contributed by atoms with Crippen molar-refractivity contribution in [1.29, 1.82) is 0 Å². The minimum absolute atomic E-state index is 0.0644. The molecular formula is C24H20N2O4. The zero-order valence-corrected chi connectivity index (χ0v) is 16.2. The van der Waals surface area contributed by atoms with Crippen LogP contribution >= 0.6 is 0 Å². The number of esters is 1. The van der Waals surface area contributed by atoms with Crippen LogP contribution in [0.5, 0.6) is 0 Å². The van der Waals surface area contributed by atoms with Crippen LogP contribution in [0.25, 0.3) is 11.0 Å². The number of hydrogen-bond acceptors (Lipinski definition) is 5. The summed E-state index contributed by atoms with van der Waals surface area (Å²) in [6.45, 7) is -0.370. The highest BCUT2D eigenvalue weighted by atomic mass is 16.5. The van der Waals surface area contributed by atoms with Crippen molar-refractivity contribution in [2.45, 2.75) is 12.5 Å². The number of para-hydroxylation sites is 1. The Morgan fingerprint density at radius 2 is 1.47 bits per heavy atom. The lowest BCUT2D eigenvalue weighted by molar-refractivity contribution is -0.148. The smallest absolute Gasteiger partial charge is 0.312 e. The zero-order chi connectivity index (χ0) is 20.8. The van der Waals surface area contributed by atoms with Gasteiger partial charge in [0.15, 0.2) is 12.2 Å². The van der Waals surface area contributed by atoms with Gasteiger partial charge in [-0.05, 0) is 23.3 Å². The molecule has 1 N–H and O–H groups in total. The Morgan fingerprint density at radius 3 is 2.13 bits per heavy atom. The maximum Gasteiger partial charge on any atom is 0.312 e. The number of rotatable bonds is 7. The van der Waals surface area contributed by atoms with Crippen molar-refractivity contribution in [2.75, 3.05) is 6.61 Å². The quantitative estimate of drug-likeness (QED) is 0.477. The molecule has 4 aromatic rings. The van der Waals surface area contributed by atoms with Gasteiger partial charge in [-0.15, -0.1) is 0 Å². The van der Waals surface area contributed by atoms with E-state index in [4.69, 9.17) is 9.26 Å². The third-order valence-corrected chi connectivity index (χ3v) is 4.70. The molecule has 0 fully saturated rings. The molecule has 6 nitrogen and oxygen atoms in total. The summed E-state index contributed by atoms with van der Waals surface area (Å²) in [5, 5.41) is 7.61. The van der Waals surface area contributed by atoms with Crippen molar-refractivity contribution >= 4 is 22.8 Å². The highest BCUT2D eigenvalue weighted by molar-refractivity contribution is 5.85. The monoisotopic (exact) mass is 400 g/mol. The maximum atomic E-state index is 12.5. The number of nitrogens with one attached hydrogen (secondary N) is 1. The summed E-state index contributed by atoms with van der Waals surface area (Å²) in [6.07, 6.45) is -0.0644. The maximum absolute atomic E-state index is 12.5. The van der Waals surface area contributed by atoms with Gasteiger partial charge in [0.05, 0.1) is 12.5 Å². The molecule has 0 saturated carbocycles. The Morgan fingerprint density at radius 1 is 0.867 bits per heavy atom. The van der Waals surface area contributed by atoms with Gasteiger partial charge in [0.2, 0.25) is 0 Å². The van der Waals surface area contributed by atoms with E-state index in [2.05, 4.69) is 10.5 Å². The Hall–Kier alpha value is -3.93. The van der Waals surface area contributed by atoms with Crippen LogP contribution in [-0.2, 0) is 20.7 Å². The minimum Gasteiger partial charge on any atom is -0.455 e. The fourth-order valence-electron chi connectivity index (χ4n) is 3.25. The third kappa shape index (κ3) is 4.55. The second-order valence-electron chi connectivity index (χ2n) is 6.78. The Kier molecular flexibility index (Phi) is 5.85. The summed E-state index contributed by atoms with van der Waals surface area (Å²) >= 11 is 0. The second-order valence-corrected chi connectivity index (χ2v) is 6.78. The first kappa shape index (κ1) is 19.4. The Bertz CT molecular complexity index is 1100. The van der Waals surface area contributed by atoms with Crippen LogP contribution < -0.4 is 5.32 Å². The SMILES string of the molecule is O=C(COC(=O)Cc1noc2ccccc12)NC(c1ccccc1)c1ccccc1. The number of hydrogen-bond donors (Lipinski definition) is 1. The first-order chi connectivity index (χ1) is 14.7. The summed E-state index contributed by atoms with van der Waals surface area (Å²) in [4.78, 5) is 24.7. The van der Waals surface area contributed by atoms with Gasteiger partial charge in [-0.25, -0.2) is 0 Å². The molecule has 0 aliphatic heterocycles. The summed E-state index contributed by atoms with van der Waals surface area (Å²) in [6, 6.07) is 26.2. The first-order valence-electron chi connectivity index (χ1n) is 9.59. The molecule has 30 heavy (non-hydrogen) atoms. The van der Waals surface area contributed by atoms with Crippen LogP contribution in [0.3, 0.4) is 0 Å². The molecule has 3 aromatic carbocycles. The molecule has 0 atom stereocenters. The molecule has 0 aliphatic rings. The summed E-state index contributed by atoms with van der Waals surface area (Å²) in [5.41, 5.74) is 2.98. The molecule has 0 spiro atoms. The van der Waals surface area contributed by atoms with Crippen LogP contribution in [0, 0.1) is 0 Å². The summed E-state index contributed by atoms with van der Waals surface area (Å²) in [7, 11) is 0. The van der Waals surface area contributed by atoms with Crippen molar-refractivity contribution < 1.29 is 18.8 Å². The van der Waals surface area contributed by atoms with E-state index in [1.165, 1.54) is 0 Å². The average molecular weight is 400 g/mol. The van der Waals surface area contributed by atoms with Crippen molar-refractivity contribution in [3.63, 3.8) is 0 Å². The van der Waals surface area contributed by atoms with Crippen molar-refractivity contribution in [3.05, 3.63) is 102 Å². The lowest BCUT2D eigenvalue weighted by atomic mass is 9.99. The molecule has 150 valence electrons. The fourth-order valence-corrected chi connectivity index (χ4v) is 3.25. The van der Waals surface area contributed by atoms with E-state index in [1.54, 1.807) is 6.07 Å². The summed E-state index contributed by atoms with van der Waals surface area (Å²) in [5.74, 6) is -0.925. The van der Waals surface area contributed by atoms with Gasteiger partial charge in [0, 0.05) is 5.39 Å². The van der Waals surface area contributed by atoms with E-state index < -0.39 is 5.97 Å². The topological polar surface area (TPSA) is 81.4 Å². The van der Waals surface area contributed by atoms with Gasteiger partial charge >= 0.3 is 5.97 Å². The van der Waals surface area contributed by atoms with E-state index >= 15 is 0 Å². The van der Waals surface area contributed by atoms with Crippen LogP contribution in [0.1, 0.15) is 22.9 Å². The minimum atomic E-state index is -0.542. The van der Waals surface area contributed by atoms with E-state index in [1.807, 2.05) is 78.9 Å². The van der Waals surface area contributed by atoms with Gasteiger partial charge in [0.25, 0.3) is 5.91 Å². The Balaban J connectivity index is 1.38. The fraction of sp³-hybridized carbons (Fsp3) is 0.125. The third-order valence-electron chi connectivity index (χ3n) is 4.70. The largest absolute Gasteiger partial charge is 0.455 e. The zero-order valence-electron chi connectivity index (χ0n) is 16.2. The van der Waals surface area contributed by atoms with E-state index in [0.29, 0.717) is 11.3 Å². The number of amides is 1. The second kappa shape index (κ2) is 9.05. The van der Waals surface area contributed by atoms with Crippen molar-refractivity contribution in [3.8, 4) is 0 Å². The molecule has 0 radical (unpaired) electrons. The highest BCUT2D eigenvalue weighted by Gasteiger charge is 2.18. The highest BCUT2D eigenvalue weighted by Crippen LogP contribution is 2.22. The number of carbonyl (C=O) groups is 2. The molecule has 4 rings (SSSR count). The number of ether oxygens (including phenoxy) is 1. The molecule has 6 heteroatoms. The number of aromatic nitrogens is 1. The van der Waals surface area contributed by atoms with E-state index in [9.17, 15) is 9.59 Å². The Labute approximate surface area is 173 Å². The predicted octanol–water partition coefficient (Wildman–Crippen LogP) is 3.82. The van der Waals surface area contributed by atoms with Gasteiger partial charge in [0.1, 0.15) is 5.69 Å². The van der Waals surface area contributed by atoms with Crippen molar-refractivity contribution in [1.82, 2.24) is 10.5 Å². The van der Waals surface area contributed by atoms with Gasteiger partial charge < -0.3 is 14.6 Å².